The van der Waals surface area contributed by atoms with Crippen molar-refractivity contribution in [1.82, 2.24) is 4.90 Å². The van der Waals surface area contributed by atoms with Crippen molar-refractivity contribution in [3.05, 3.63) is 0 Å². The molecule has 0 rings (SSSR count). The Morgan fingerprint density at radius 1 is 1.43 bits per heavy atom. The van der Waals surface area contributed by atoms with Gasteiger partial charge in [-0.1, -0.05) is 0 Å². The van der Waals surface area contributed by atoms with Gasteiger partial charge in [-0.05, 0) is 27.7 Å². The fourth-order valence-electron chi connectivity index (χ4n) is 1.05. The maximum atomic E-state index is 5.88. The lowest BCUT2D eigenvalue weighted by atomic mass is 10.1. The van der Waals surface area contributed by atoms with Crippen LogP contribution in [0.4, 0.5) is 0 Å². The molecule has 0 heterocycles. The number of rotatable bonds is 4. The van der Waals surface area contributed by atoms with Gasteiger partial charge in [0.1, 0.15) is 0 Å². The van der Waals surface area contributed by atoms with Crippen molar-refractivity contribution >= 4 is 5.96 Å². The molecule has 4 heteroatoms. The third kappa shape index (κ3) is 5.80. The van der Waals surface area contributed by atoms with E-state index in [2.05, 4.69) is 11.9 Å². The Labute approximate surface area is 87.1 Å². The van der Waals surface area contributed by atoms with Crippen LogP contribution < -0.4 is 5.73 Å². The summed E-state index contributed by atoms with van der Waals surface area (Å²) < 4.78 is 5.00. The first-order valence-corrected chi connectivity index (χ1v) is 5.00. The van der Waals surface area contributed by atoms with Crippen LogP contribution in [0.15, 0.2) is 4.99 Å². The smallest absolute Gasteiger partial charge is 0.191 e. The summed E-state index contributed by atoms with van der Waals surface area (Å²) in [5, 5.41) is 0. The van der Waals surface area contributed by atoms with Crippen molar-refractivity contribution in [1.29, 1.82) is 0 Å². The Morgan fingerprint density at radius 2 is 2.00 bits per heavy atom. The summed E-state index contributed by atoms with van der Waals surface area (Å²) in [4.78, 5) is 6.41. The van der Waals surface area contributed by atoms with Gasteiger partial charge in [-0.25, -0.2) is 4.99 Å². The van der Waals surface area contributed by atoms with Crippen LogP contribution in [0.1, 0.15) is 27.7 Å². The summed E-state index contributed by atoms with van der Waals surface area (Å²) in [5.41, 5.74) is 5.76. The molecule has 14 heavy (non-hydrogen) atoms. The summed E-state index contributed by atoms with van der Waals surface area (Å²) in [6.45, 7) is 10.5. The molecule has 4 nitrogen and oxygen atoms in total. The van der Waals surface area contributed by atoms with Crippen LogP contribution in [0.5, 0.6) is 0 Å². The molecule has 84 valence electrons. The molecule has 0 amide bonds. The number of likely N-dealkylation sites (N-methyl/N-ethyl adjacent to an activating group) is 1. The zero-order chi connectivity index (χ0) is 11.2. The standard InChI is InChI=1S/C10H23N3O/c1-6-13(7-8-14-5)9(11)12-10(2,3)4/h6-8H2,1-5H3,(H2,11,12). The normalized spacial score (nSPS) is 13.1. The highest BCUT2D eigenvalue weighted by atomic mass is 16.5. The molecular weight excluding hydrogens is 178 g/mol. The van der Waals surface area contributed by atoms with E-state index in [9.17, 15) is 0 Å². The molecule has 2 N–H and O–H groups in total. The summed E-state index contributed by atoms with van der Waals surface area (Å²) in [6, 6.07) is 0. The number of ether oxygens (including phenoxy) is 1. The van der Waals surface area contributed by atoms with Crippen molar-refractivity contribution in [3.8, 4) is 0 Å². The SMILES string of the molecule is CCN(CCOC)C(N)=NC(C)(C)C. The van der Waals surface area contributed by atoms with Crippen LogP contribution in [0.3, 0.4) is 0 Å². The van der Waals surface area contributed by atoms with E-state index in [4.69, 9.17) is 10.5 Å². The van der Waals surface area contributed by atoms with E-state index in [0.717, 1.165) is 13.1 Å². The van der Waals surface area contributed by atoms with Crippen molar-refractivity contribution < 1.29 is 4.74 Å². The molecule has 0 saturated carbocycles. The van der Waals surface area contributed by atoms with Gasteiger partial charge in [-0.2, -0.15) is 0 Å². The number of hydrogen-bond acceptors (Lipinski definition) is 2. The van der Waals surface area contributed by atoms with E-state index in [0.29, 0.717) is 12.6 Å². The lowest BCUT2D eigenvalue weighted by Crippen LogP contribution is -2.40. The molecule has 0 spiro atoms. The molecule has 0 aliphatic carbocycles. The van der Waals surface area contributed by atoms with E-state index < -0.39 is 0 Å². The minimum absolute atomic E-state index is 0.120. The number of methoxy groups -OCH3 is 1. The molecule has 0 aromatic carbocycles. The summed E-state index contributed by atoms with van der Waals surface area (Å²) in [5.74, 6) is 0.594. The summed E-state index contributed by atoms with van der Waals surface area (Å²) >= 11 is 0. The molecule has 0 unspecified atom stereocenters. The predicted octanol–water partition coefficient (Wildman–Crippen LogP) is 1.07. The average Bonchev–Trinajstić information content (AvgIpc) is 2.02. The van der Waals surface area contributed by atoms with Crippen molar-refractivity contribution in [2.75, 3.05) is 26.8 Å². The van der Waals surface area contributed by atoms with E-state index in [1.165, 1.54) is 0 Å². The van der Waals surface area contributed by atoms with Gasteiger partial charge in [0.15, 0.2) is 5.96 Å². The minimum atomic E-state index is -0.120. The Morgan fingerprint density at radius 3 is 2.36 bits per heavy atom. The molecule has 0 radical (unpaired) electrons. The van der Waals surface area contributed by atoms with E-state index in [-0.39, 0.29) is 5.54 Å². The average molecular weight is 201 g/mol. The summed E-state index contributed by atoms with van der Waals surface area (Å²) in [6.07, 6.45) is 0. The van der Waals surface area contributed by atoms with Crippen LogP contribution in [0.2, 0.25) is 0 Å². The third-order valence-corrected chi connectivity index (χ3v) is 1.72. The Balaban J connectivity index is 4.30. The van der Waals surface area contributed by atoms with Crippen LogP contribution in [0.25, 0.3) is 0 Å². The Kier molecular flexibility index (Phi) is 5.53. The van der Waals surface area contributed by atoms with Crippen LogP contribution in [-0.4, -0.2) is 43.2 Å². The number of hydrogen-bond donors (Lipinski definition) is 1. The molecule has 0 bridgehead atoms. The zero-order valence-corrected chi connectivity index (χ0v) is 10.0. The number of nitrogens with zero attached hydrogens (tertiary/aromatic N) is 2. The van der Waals surface area contributed by atoms with Gasteiger partial charge < -0.3 is 15.4 Å². The fourth-order valence-corrected chi connectivity index (χ4v) is 1.05. The first-order chi connectivity index (χ1) is 6.40. The number of aliphatic imine (C=N–C) groups is 1. The highest BCUT2D eigenvalue weighted by Crippen LogP contribution is 2.06. The molecule has 0 aromatic rings. The van der Waals surface area contributed by atoms with Gasteiger partial charge in [-0.3, -0.25) is 0 Å². The molecule has 0 aromatic heterocycles. The van der Waals surface area contributed by atoms with Gasteiger partial charge in [0.05, 0.1) is 12.1 Å². The van der Waals surface area contributed by atoms with Gasteiger partial charge in [0.25, 0.3) is 0 Å². The zero-order valence-electron chi connectivity index (χ0n) is 10.0. The monoisotopic (exact) mass is 201 g/mol. The molecule has 0 aliphatic rings. The topological polar surface area (TPSA) is 50.9 Å². The largest absolute Gasteiger partial charge is 0.383 e. The van der Waals surface area contributed by atoms with E-state index in [1.54, 1.807) is 7.11 Å². The summed E-state index contributed by atoms with van der Waals surface area (Å²) in [7, 11) is 1.69. The van der Waals surface area contributed by atoms with Gasteiger partial charge in [0, 0.05) is 20.2 Å². The van der Waals surface area contributed by atoms with Crippen LogP contribution in [0, 0.1) is 0 Å². The third-order valence-electron chi connectivity index (χ3n) is 1.72. The number of nitrogens with two attached hydrogens (primary N) is 1. The Bertz CT molecular complexity index is 184. The molecule has 0 fully saturated rings. The Hall–Kier alpha value is -0.770. The fraction of sp³-hybridized carbons (Fsp3) is 0.900. The van der Waals surface area contributed by atoms with Crippen molar-refractivity contribution in [3.63, 3.8) is 0 Å². The second-order valence-corrected chi connectivity index (χ2v) is 4.21. The minimum Gasteiger partial charge on any atom is -0.383 e. The first kappa shape index (κ1) is 13.2. The molecular formula is C10H23N3O. The maximum absolute atomic E-state index is 5.88. The predicted molar refractivity (Wildman–Crippen MR) is 60.5 cm³/mol. The second kappa shape index (κ2) is 5.86. The van der Waals surface area contributed by atoms with Crippen LogP contribution in [-0.2, 0) is 4.74 Å². The van der Waals surface area contributed by atoms with E-state index in [1.807, 2.05) is 25.7 Å². The van der Waals surface area contributed by atoms with Crippen molar-refractivity contribution in [2.45, 2.75) is 33.2 Å². The van der Waals surface area contributed by atoms with Gasteiger partial charge in [-0.15, -0.1) is 0 Å². The van der Waals surface area contributed by atoms with Crippen LogP contribution >= 0.6 is 0 Å². The van der Waals surface area contributed by atoms with E-state index >= 15 is 0 Å². The lowest BCUT2D eigenvalue weighted by molar-refractivity contribution is 0.177. The van der Waals surface area contributed by atoms with Gasteiger partial charge >= 0.3 is 0 Å². The van der Waals surface area contributed by atoms with Crippen molar-refractivity contribution in [2.24, 2.45) is 10.7 Å². The van der Waals surface area contributed by atoms with Gasteiger partial charge in [0.2, 0.25) is 0 Å². The lowest BCUT2D eigenvalue weighted by Gasteiger charge is -2.24. The second-order valence-electron chi connectivity index (χ2n) is 4.21. The maximum Gasteiger partial charge on any atom is 0.191 e. The number of guanidine groups is 1. The molecule has 0 aliphatic heterocycles. The molecule has 0 atom stereocenters. The molecule has 0 saturated heterocycles. The highest BCUT2D eigenvalue weighted by Gasteiger charge is 2.11. The quantitative estimate of drug-likeness (QED) is 0.547. The first-order valence-electron chi connectivity index (χ1n) is 5.00. The highest BCUT2D eigenvalue weighted by molar-refractivity contribution is 5.78.